The van der Waals surface area contributed by atoms with Crippen molar-refractivity contribution in [2.75, 3.05) is 0 Å². The van der Waals surface area contributed by atoms with Crippen LogP contribution >= 0.6 is 15.9 Å². The molecule has 0 aliphatic rings. The first-order valence-corrected chi connectivity index (χ1v) is 6.30. The van der Waals surface area contributed by atoms with Gasteiger partial charge in [0.2, 0.25) is 0 Å². The smallest absolute Gasteiger partial charge is 0.166 e. The highest BCUT2D eigenvalue weighted by Crippen LogP contribution is 2.33. The number of halogens is 4. The molecule has 100 valence electrons. The molecule has 2 rings (SSSR count). The maximum atomic E-state index is 12.8. The molecule has 0 N–H and O–H groups in total. The van der Waals surface area contributed by atoms with Gasteiger partial charge in [-0.15, -0.1) is 5.10 Å². The van der Waals surface area contributed by atoms with Gasteiger partial charge in [0.25, 0.3) is 0 Å². The molecule has 1 aromatic carbocycles. The molecule has 0 amide bonds. The Kier molecular flexibility index (Phi) is 3.89. The van der Waals surface area contributed by atoms with E-state index in [-0.39, 0.29) is 5.56 Å². The molecule has 0 aliphatic heterocycles. The minimum Gasteiger partial charge on any atom is -0.166 e. The molecule has 0 atom stereocenters. The summed E-state index contributed by atoms with van der Waals surface area (Å²) >= 11 is 3.19. The van der Waals surface area contributed by atoms with Gasteiger partial charge >= 0.3 is 6.18 Å². The summed E-state index contributed by atoms with van der Waals surface area (Å²) in [6.07, 6.45) is -2.38. The Hall–Kier alpha value is -1.43. The summed E-state index contributed by atoms with van der Waals surface area (Å²) in [6.45, 7) is 1.49. The fourth-order valence-corrected chi connectivity index (χ4v) is 2.26. The number of hydrogen-bond acceptors (Lipinski definition) is 2. The van der Waals surface area contributed by atoms with Crippen LogP contribution in [0.25, 0.3) is 0 Å². The summed E-state index contributed by atoms with van der Waals surface area (Å²) in [5.41, 5.74) is 1.10. The first-order chi connectivity index (χ1) is 8.88. The number of alkyl halides is 3. The van der Waals surface area contributed by atoms with Crippen LogP contribution in [0.5, 0.6) is 0 Å². The highest BCUT2D eigenvalue weighted by atomic mass is 79.9. The van der Waals surface area contributed by atoms with Gasteiger partial charge in [0.05, 0.1) is 11.8 Å². The molecule has 1 aromatic heterocycles. The van der Waals surface area contributed by atoms with Gasteiger partial charge in [-0.2, -0.15) is 18.3 Å². The summed E-state index contributed by atoms with van der Waals surface area (Å²) in [4.78, 5) is 0. The quantitative estimate of drug-likeness (QED) is 0.826. The lowest BCUT2D eigenvalue weighted by Gasteiger charge is -2.13. The first kappa shape index (κ1) is 14.0. The molecule has 0 aliphatic carbocycles. The predicted molar refractivity (Wildman–Crippen MR) is 68.7 cm³/mol. The Labute approximate surface area is 116 Å². The average molecular weight is 331 g/mol. The Bertz CT molecular complexity index is 597. The molecule has 19 heavy (non-hydrogen) atoms. The van der Waals surface area contributed by atoms with Crippen LogP contribution < -0.4 is 0 Å². The fraction of sp³-hybridized carbons (Fsp3) is 0.231. The standard InChI is InChI=1S/C13H10BrF3N2/c1-8-10(3-2-4-11(8)13(15,16)17)5-9-6-12(14)19-18-7-9/h2-4,6-7H,5H2,1H3. The lowest BCUT2D eigenvalue weighted by molar-refractivity contribution is -0.138. The van der Waals surface area contributed by atoms with E-state index in [1.807, 2.05) is 0 Å². The molecule has 1 heterocycles. The molecule has 0 fully saturated rings. The van der Waals surface area contributed by atoms with Gasteiger partial charge in [-0.25, -0.2) is 0 Å². The summed E-state index contributed by atoms with van der Waals surface area (Å²) in [5, 5.41) is 7.51. The number of hydrogen-bond donors (Lipinski definition) is 0. The van der Waals surface area contributed by atoms with E-state index in [2.05, 4.69) is 26.1 Å². The highest BCUT2D eigenvalue weighted by Gasteiger charge is 2.32. The topological polar surface area (TPSA) is 25.8 Å². The molecular formula is C13H10BrF3N2. The van der Waals surface area contributed by atoms with Gasteiger partial charge in [0.1, 0.15) is 4.60 Å². The van der Waals surface area contributed by atoms with Crippen molar-refractivity contribution in [3.63, 3.8) is 0 Å². The molecule has 2 aromatic rings. The van der Waals surface area contributed by atoms with Crippen LogP contribution in [0.15, 0.2) is 35.1 Å². The summed E-state index contributed by atoms with van der Waals surface area (Å²) in [6, 6.07) is 5.96. The molecule has 0 saturated carbocycles. The van der Waals surface area contributed by atoms with Crippen molar-refractivity contribution in [3.05, 3.63) is 57.3 Å². The van der Waals surface area contributed by atoms with Gasteiger partial charge in [-0.05, 0) is 58.1 Å². The van der Waals surface area contributed by atoms with Gasteiger partial charge in [-0.3, -0.25) is 0 Å². The Morgan fingerprint density at radius 2 is 2.00 bits per heavy atom. The van der Waals surface area contributed by atoms with Gasteiger partial charge < -0.3 is 0 Å². The van der Waals surface area contributed by atoms with Crippen molar-refractivity contribution in [2.24, 2.45) is 0 Å². The van der Waals surface area contributed by atoms with Crippen LogP contribution in [0.4, 0.5) is 13.2 Å². The second kappa shape index (κ2) is 5.28. The zero-order valence-corrected chi connectivity index (χ0v) is 11.6. The molecular weight excluding hydrogens is 321 g/mol. The molecule has 0 unspecified atom stereocenters. The largest absolute Gasteiger partial charge is 0.416 e. The van der Waals surface area contributed by atoms with Crippen LogP contribution in [-0.2, 0) is 12.6 Å². The maximum absolute atomic E-state index is 12.8. The van der Waals surface area contributed by atoms with E-state index in [1.165, 1.54) is 13.0 Å². The zero-order chi connectivity index (χ0) is 14.0. The lowest BCUT2D eigenvalue weighted by Crippen LogP contribution is -2.09. The molecule has 2 nitrogen and oxygen atoms in total. The fourth-order valence-electron chi connectivity index (χ4n) is 1.88. The van der Waals surface area contributed by atoms with Crippen molar-refractivity contribution >= 4 is 15.9 Å². The van der Waals surface area contributed by atoms with E-state index in [9.17, 15) is 13.2 Å². The number of nitrogens with zero attached hydrogens (tertiary/aromatic N) is 2. The van der Waals surface area contributed by atoms with Crippen molar-refractivity contribution in [2.45, 2.75) is 19.5 Å². The van der Waals surface area contributed by atoms with Crippen molar-refractivity contribution in [3.8, 4) is 0 Å². The van der Waals surface area contributed by atoms with Crippen molar-refractivity contribution in [1.29, 1.82) is 0 Å². The third-order valence-corrected chi connectivity index (χ3v) is 3.21. The second-order valence-corrected chi connectivity index (χ2v) is 4.96. The van der Waals surface area contributed by atoms with E-state index >= 15 is 0 Å². The van der Waals surface area contributed by atoms with E-state index in [4.69, 9.17) is 0 Å². The monoisotopic (exact) mass is 330 g/mol. The zero-order valence-electron chi connectivity index (χ0n) is 10.0. The predicted octanol–water partition coefficient (Wildman–Crippen LogP) is 4.16. The highest BCUT2D eigenvalue weighted by molar-refractivity contribution is 9.10. The Morgan fingerprint density at radius 1 is 1.26 bits per heavy atom. The normalized spacial score (nSPS) is 11.6. The Morgan fingerprint density at radius 3 is 2.63 bits per heavy atom. The second-order valence-electron chi connectivity index (χ2n) is 4.15. The number of rotatable bonds is 2. The van der Waals surface area contributed by atoms with Crippen LogP contribution in [0.2, 0.25) is 0 Å². The summed E-state index contributed by atoms with van der Waals surface area (Å²) in [7, 11) is 0. The minimum atomic E-state index is -4.32. The van der Waals surface area contributed by atoms with Crippen LogP contribution in [0, 0.1) is 6.92 Å². The maximum Gasteiger partial charge on any atom is 0.416 e. The van der Waals surface area contributed by atoms with E-state index in [1.54, 1.807) is 18.3 Å². The van der Waals surface area contributed by atoms with E-state index in [0.29, 0.717) is 16.6 Å². The summed E-state index contributed by atoms with van der Waals surface area (Å²) < 4.78 is 39.0. The first-order valence-electron chi connectivity index (χ1n) is 5.50. The SMILES string of the molecule is Cc1c(Cc2cnnc(Br)c2)cccc1C(F)(F)F. The van der Waals surface area contributed by atoms with E-state index < -0.39 is 11.7 Å². The van der Waals surface area contributed by atoms with Crippen LogP contribution in [0.1, 0.15) is 22.3 Å². The van der Waals surface area contributed by atoms with Crippen molar-refractivity contribution < 1.29 is 13.2 Å². The van der Waals surface area contributed by atoms with Crippen LogP contribution in [-0.4, -0.2) is 10.2 Å². The third kappa shape index (κ3) is 3.32. The molecule has 0 radical (unpaired) electrons. The average Bonchev–Trinajstić information content (AvgIpc) is 2.30. The Balaban J connectivity index is 2.36. The van der Waals surface area contributed by atoms with Gasteiger partial charge in [0, 0.05) is 0 Å². The lowest BCUT2D eigenvalue weighted by atomic mass is 9.97. The molecule has 0 bridgehead atoms. The van der Waals surface area contributed by atoms with Gasteiger partial charge in [-0.1, -0.05) is 12.1 Å². The van der Waals surface area contributed by atoms with E-state index in [0.717, 1.165) is 11.6 Å². The third-order valence-electron chi connectivity index (χ3n) is 2.83. The number of benzene rings is 1. The molecule has 6 heteroatoms. The molecule has 0 saturated heterocycles. The van der Waals surface area contributed by atoms with Crippen LogP contribution in [0.3, 0.4) is 0 Å². The molecule has 0 spiro atoms. The number of aromatic nitrogens is 2. The summed E-state index contributed by atoms with van der Waals surface area (Å²) in [5.74, 6) is 0. The van der Waals surface area contributed by atoms with Gasteiger partial charge in [0.15, 0.2) is 0 Å². The van der Waals surface area contributed by atoms with Crippen molar-refractivity contribution in [1.82, 2.24) is 10.2 Å². The minimum absolute atomic E-state index is 0.253.